The second kappa shape index (κ2) is 8.17. The number of pyridine rings is 1. The van der Waals surface area contributed by atoms with Crippen LogP contribution in [0.3, 0.4) is 0 Å². The van der Waals surface area contributed by atoms with Crippen molar-refractivity contribution in [2.45, 2.75) is 39.5 Å². The molecule has 0 radical (unpaired) electrons. The Morgan fingerprint density at radius 2 is 2.18 bits per heavy atom. The molecule has 1 unspecified atom stereocenters. The summed E-state index contributed by atoms with van der Waals surface area (Å²) in [5.74, 6) is 0. The van der Waals surface area contributed by atoms with Crippen LogP contribution in [0.25, 0.3) is 0 Å². The van der Waals surface area contributed by atoms with Crippen molar-refractivity contribution in [1.82, 2.24) is 4.98 Å². The van der Waals surface area contributed by atoms with Crippen LogP contribution in [-0.4, -0.2) is 24.3 Å². The number of ether oxygens (including phenoxy) is 2. The maximum atomic E-state index is 5.66. The van der Waals surface area contributed by atoms with Gasteiger partial charge < -0.3 is 15.2 Å². The third-order valence-corrected chi connectivity index (χ3v) is 2.43. The lowest BCUT2D eigenvalue weighted by Gasteiger charge is -2.09. The molecule has 0 bridgehead atoms. The van der Waals surface area contributed by atoms with Crippen LogP contribution in [0.1, 0.15) is 31.7 Å². The number of hydrogen-bond donors (Lipinski definition) is 1. The maximum Gasteiger partial charge on any atom is 0.0892 e. The Hall–Kier alpha value is -0.970. The normalized spacial score (nSPS) is 18.6. The molecule has 0 aromatic carbocycles. The molecule has 1 saturated heterocycles. The summed E-state index contributed by atoms with van der Waals surface area (Å²) in [6.07, 6.45) is 1.21. The van der Waals surface area contributed by atoms with E-state index in [0.29, 0.717) is 19.8 Å². The Morgan fingerprint density at radius 1 is 1.41 bits per heavy atom. The van der Waals surface area contributed by atoms with E-state index in [-0.39, 0.29) is 6.10 Å². The predicted molar refractivity (Wildman–Crippen MR) is 67.5 cm³/mol. The quantitative estimate of drug-likeness (QED) is 0.870. The molecule has 1 aliphatic rings. The summed E-state index contributed by atoms with van der Waals surface area (Å²) in [4.78, 5) is 4.36. The van der Waals surface area contributed by atoms with E-state index >= 15 is 0 Å². The van der Waals surface area contributed by atoms with Crippen molar-refractivity contribution in [2.24, 2.45) is 5.73 Å². The molecule has 2 N–H and O–H groups in total. The molecule has 0 amide bonds. The van der Waals surface area contributed by atoms with Gasteiger partial charge in [0.2, 0.25) is 0 Å². The van der Waals surface area contributed by atoms with Crippen LogP contribution in [0, 0.1) is 0 Å². The van der Waals surface area contributed by atoms with Crippen molar-refractivity contribution in [3.8, 4) is 0 Å². The summed E-state index contributed by atoms with van der Waals surface area (Å²) < 4.78 is 10.9. The fourth-order valence-corrected chi connectivity index (χ4v) is 1.57. The van der Waals surface area contributed by atoms with Gasteiger partial charge in [-0.05, 0) is 18.6 Å². The van der Waals surface area contributed by atoms with Crippen LogP contribution in [0.4, 0.5) is 0 Å². The highest BCUT2D eigenvalue weighted by Crippen LogP contribution is 2.10. The third kappa shape index (κ3) is 4.81. The van der Waals surface area contributed by atoms with Gasteiger partial charge in [0.15, 0.2) is 0 Å². The Balaban J connectivity index is 0.000000686. The van der Waals surface area contributed by atoms with Gasteiger partial charge in [-0.15, -0.1) is 0 Å². The summed E-state index contributed by atoms with van der Waals surface area (Å²) in [7, 11) is 0. The van der Waals surface area contributed by atoms with Gasteiger partial charge in [0.1, 0.15) is 0 Å². The van der Waals surface area contributed by atoms with Gasteiger partial charge in [-0.25, -0.2) is 0 Å². The molecule has 96 valence electrons. The molecule has 4 heteroatoms. The first-order chi connectivity index (χ1) is 8.38. The van der Waals surface area contributed by atoms with Crippen molar-refractivity contribution < 1.29 is 9.47 Å². The Morgan fingerprint density at radius 3 is 2.82 bits per heavy atom. The van der Waals surface area contributed by atoms with Gasteiger partial charge in [-0.2, -0.15) is 0 Å². The van der Waals surface area contributed by atoms with Crippen molar-refractivity contribution in [2.75, 3.05) is 13.2 Å². The minimum atomic E-state index is 0.230. The van der Waals surface area contributed by atoms with E-state index in [1.807, 2.05) is 32.0 Å². The second-order valence-corrected chi connectivity index (χ2v) is 3.62. The number of aromatic nitrogens is 1. The van der Waals surface area contributed by atoms with E-state index in [0.717, 1.165) is 24.4 Å². The Bertz CT molecular complexity index is 312. The van der Waals surface area contributed by atoms with E-state index in [1.165, 1.54) is 0 Å². The molecule has 0 saturated carbocycles. The monoisotopic (exact) mass is 238 g/mol. The van der Waals surface area contributed by atoms with E-state index < -0.39 is 0 Å². The number of nitrogens with zero attached hydrogens (tertiary/aromatic N) is 1. The van der Waals surface area contributed by atoms with Crippen LogP contribution in [-0.2, 0) is 22.6 Å². The van der Waals surface area contributed by atoms with Gasteiger partial charge in [0.25, 0.3) is 0 Å². The van der Waals surface area contributed by atoms with Gasteiger partial charge in [0.05, 0.1) is 30.7 Å². The molecule has 2 heterocycles. The van der Waals surface area contributed by atoms with E-state index in [4.69, 9.17) is 15.2 Å². The average Bonchev–Trinajstić information content (AvgIpc) is 2.92. The zero-order valence-electron chi connectivity index (χ0n) is 10.7. The summed E-state index contributed by atoms with van der Waals surface area (Å²) in [5.41, 5.74) is 7.35. The van der Waals surface area contributed by atoms with E-state index in [2.05, 4.69) is 4.98 Å². The number of rotatable bonds is 4. The molecule has 2 rings (SSSR count). The Kier molecular flexibility index (Phi) is 6.77. The lowest BCUT2D eigenvalue weighted by atomic mass is 10.3. The van der Waals surface area contributed by atoms with E-state index in [1.54, 1.807) is 0 Å². The molecular weight excluding hydrogens is 216 g/mol. The second-order valence-electron chi connectivity index (χ2n) is 3.62. The molecule has 1 aliphatic heterocycles. The fourth-order valence-electron chi connectivity index (χ4n) is 1.57. The number of nitrogens with two attached hydrogens (primary N) is 1. The van der Waals surface area contributed by atoms with Crippen molar-refractivity contribution in [1.29, 1.82) is 0 Å². The highest BCUT2D eigenvalue weighted by molar-refractivity contribution is 5.10. The SMILES string of the molecule is CC.NCc1cccc(COC2CCOC2)n1. The van der Waals surface area contributed by atoms with Crippen LogP contribution >= 0.6 is 0 Å². The highest BCUT2D eigenvalue weighted by Gasteiger charge is 2.15. The Labute approximate surface area is 103 Å². The highest BCUT2D eigenvalue weighted by atomic mass is 16.5. The molecule has 0 spiro atoms. The third-order valence-electron chi connectivity index (χ3n) is 2.43. The summed E-state index contributed by atoms with van der Waals surface area (Å²) in [6.45, 7) is 6.53. The number of hydrogen-bond acceptors (Lipinski definition) is 4. The van der Waals surface area contributed by atoms with Gasteiger partial charge >= 0.3 is 0 Å². The fraction of sp³-hybridized carbons (Fsp3) is 0.615. The maximum absolute atomic E-state index is 5.66. The molecule has 1 fully saturated rings. The molecular formula is C13H22N2O2. The average molecular weight is 238 g/mol. The van der Waals surface area contributed by atoms with Crippen molar-refractivity contribution in [3.05, 3.63) is 29.6 Å². The molecule has 1 atom stereocenters. The molecule has 17 heavy (non-hydrogen) atoms. The molecule has 1 aromatic heterocycles. The standard InChI is InChI=1S/C11H16N2O2.C2H6/c12-6-9-2-1-3-10(13-9)7-15-11-4-5-14-8-11;1-2/h1-3,11H,4-8,12H2;1-2H3. The predicted octanol–water partition coefficient (Wildman–Crippen LogP) is 1.87. The first-order valence-corrected chi connectivity index (χ1v) is 6.22. The summed E-state index contributed by atoms with van der Waals surface area (Å²) in [5, 5.41) is 0. The van der Waals surface area contributed by atoms with Crippen LogP contribution in [0.15, 0.2) is 18.2 Å². The van der Waals surface area contributed by atoms with Gasteiger partial charge in [-0.1, -0.05) is 19.9 Å². The van der Waals surface area contributed by atoms with Crippen molar-refractivity contribution >= 4 is 0 Å². The minimum Gasteiger partial charge on any atom is -0.379 e. The minimum absolute atomic E-state index is 0.230. The van der Waals surface area contributed by atoms with E-state index in [9.17, 15) is 0 Å². The zero-order chi connectivity index (χ0) is 12.5. The first-order valence-electron chi connectivity index (χ1n) is 6.22. The van der Waals surface area contributed by atoms with Gasteiger partial charge in [0, 0.05) is 13.2 Å². The molecule has 0 aliphatic carbocycles. The van der Waals surface area contributed by atoms with Gasteiger partial charge in [-0.3, -0.25) is 4.98 Å². The van der Waals surface area contributed by atoms with Crippen LogP contribution in [0.5, 0.6) is 0 Å². The smallest absolute Gasteiger partial charge is 0.0892 e. The lowest BCUT2D eigenvalue weighted by Crippen LogP contribution is -2.13. The largest absolute Gasteiger partial charge is 0.379 e. The molecule has 4 nitrogen and oxygen atoms in total. The topological polar surface area (TPSA) is 57.4 Å². The summed E-state index contributed by atoms with van der Waals surface area (Å²) >= 11 is 0. The van der Waals surface area contributed by atoms with Crippen LogP contribution < -0.4 is 5.73 Å². The molecule has 1 aromatic rings. The lowest BCUT2D eigenvalue weighted by molar-refractivity contribution is 0.0301. The first kappa shape index (κ1) is 14.1. The zero-order valence-corrected chi connectivity index (χ0v) is 10.7. The summed E-state index contributed by atoms with van der Waals surface area (Å²) in [6, 6.07) is 5.83. The van der Waals surface area contributed by atoms with Crippen LogP contribution in [0.2, 0.25) is 0 Å². The van der Waals surface area contributed by atoms with Crippen molar-refractivity contribution in [3.63, 3.8) is 0 Å².